The van der Waals surface area contributed by atoms with Crippen LogP contribution in [0.15, 0.2) is 12.3 Å². The Morgan fingerprint density at radius 3 is 2.88 bits per heavy atom. The molecule has 0 unspecified atom stereocenters. The molecule has 0 amide bonds. The van der Waals surface area contributed by atoms with Gasteiger partial charge < -0.3 is 14.4 Å². The predicted octanol–water partition coefficient (Wildman–Crippen LogP) is 0.0982. The fourth-order valence-corrected chi connectivity index (χ4v) is 1.47. The summed E-state index contributed by atoms with van der Waals surface area (Å²) >= 11 is 0. The van der Waals surface area contributed by atoms with E-state index in [1.807, 2.05) is 4.90 Å². The van der Waals surface area contributed by atoms with E-state index in [9.17, 15) is 4.79 Å². The maximum atomic E-state index is 11.3. The monoisotopic (exact) mass is 223 g/mol. The molecular weight excluding hydrogens is 210 g/mol. The van der Waals surface area contributed by atoms with Gasteiger partial charge in [-0.2, -0.15) is 0 Å². The molecule has 0 spiro atoms. The summed E-state index contributed by atoms with van der Waals surface area (Å²) in [7, 11) is 3.00. The van der Waals surface area contributed by atoms with Gasteiger partial charge in [-0.3, -0.25) is 0 Å². The normalized spacial score (nSPS) is 15.8. The highest BCUT2D eigenvalue weighted by Crippen LogP contribution is 2.17. The third-order valence-corrected chi connectivity index (χ3v) is 2.50. The van der Waals surface area contributed by atoms with Crippen molar-refractivity contribution in [1.82, 2.24) is 9.97 Å². The van der Waals surface area contributed by atoms with Crippen LogP contribution in [0.4, 0.5) is 5.95 Å². The van der Waals surface area contributed by atoms with Crippen LogP contribution in [0.25, 0.3) is 0 Å². The molecule has 1 aromatic rings. The van der Waals surface area contributed by atoms with Gasteiger partial charge in [-0.05, 0) is 6.07 Å². The van der Waals surface area contributed by atoms with E-state index >= 15 is 0 Å². The molecule has 1 aromatic heterocycles. The summed E-state index contributed by atoms with van der Waals surface area (Å²) in [6, 6.07) is 1.53. The Labute approximate surface area is 93.2 Å². The van der Waals surface area contributed by atoms with Crippen molar-refractivity contribution in [3.8, 4) is 0 Å². The minimum atomic E-state index is -0.451. The van der Waals surface area contributed by atoms with Gasteiger partial charge in [0, 0.05) is 26.4 Å². The quantitative estimate of drug-likeness (QED) is 0.677. The highest BCUT2D eigenvalue weighted by atomic mass is 16.5. The van der Waals surface area contributed by atoms with E-state index in [0.717, 1.165) is 13.1 Å². The van der Waals surface area contributed by atoms with E-state index in [4.69, 9.17) is 4.74 Å². The van der Waals surface area contributed by atoms with E-state index in [0.29, 0.717) is 5.95 Å². The number of carbonyl (C=O) groups is 1. The van der Waals surface area contributed by atoms with Crippen molar-refractivity contribution in [2.24, 2.45) is 0 Å². The van der Waals surface area contributed by atoms with E-state index in [-0.39, 0.29) is 11.8 Å². The molecule has 0 radical (unpaired) electrons. The molecule has 16 heavy (non-hydrogen) atoms. The first-order chi connectivity index (χ1) is 7.74. The summed E-state index contributed by atoms with van der Waals surface area (Å²) in [5.74, 6) is 0.0867. The molecule has 0 aliphatic carbocycles. The smallest absolute Gasteiger partial charge is 0.356 e. The number of ether oxygens (including phenoxy) is 2. The highest BCUT2D eigenvalue weighted by molar-refractivity contribution is 5.87. The maximum absolute atomic E-state index is 11.3. The fourth-order valence-electron chi connectivity index (χ4n) is 1.47. The lowest BCUT2D eigenvalue weighted by atomic mass is 10.2. The lowest BCUT2D eigenvalue weighted by Gasteiger charge is -2.37. The first-order valence-electron chi connectivity index (χ1n) is 4.93. The number of methoxy groups -OCH3 is 2. The first kappa shape index (κ1) is 10.8. The summed E-state index contributed by atoms with van der Waals surface area (Å²) in [5, 5.41) is 0. The Morgan fingerprint density at radius 1 is 1.50 bits per heavy atom. The summed E-state index contributed by atoms with van der Waals surface area (Å²) in [6.07, 6.45) is 1.78. The summed E-state index contributed by atoms with van der Waals surface area (Å²) in [6.45, 7) is 1.50. The second-order valence-electron chi connectivity index (χ2n) is 3.50. The molecule has 1 aliphatic rings. The molecular formula is C10H13N3O3. The van der Waals surface area contributed by atoms with Crippen LogP contribution in [0.3, 0.4) is 0 Å². The van der Waals surface area contributed by atoms with Crippen LogP contribution in [0, 0.1) is 0 Å². The van der Waals surface area contributed by atoms with Gasteiger partial charge >= 0.3 is 5.97 Å². The number of esters is 1. The molecule has 1 aliphatic heterocycles. The van der Waals surface area contributed by atoms with Gasteiger partial charge in [0.05, 0.1) is 13.2 Å². The minimum absolute atomic E-state index is 0.227. The van der Waals surface area contributed by atoms with E-state index < -0.39 is 5.97 Å². The average molecular weight is 223 g/mol. The zero-order valence-corrected chi connectivity index (χ0v) is 9.21. The van der Waals surface area contributed by atoms with Crippen LogP contribution in [-0.4, -0.2) is 49.4 Å². The van der Waals surface area contributed by atoms with Gasteiger partial charge in [0.25, 0.3) is 0 Å². The molecule has 2 heterocycles. The fraction of sp³-hybridized carbons (Fsp3) is 0.500. The lowest BCUT2D eigenvalue weighted by Crippen LogP contribution is -2.52. The van der Waals surface area contributed by atoms with Crippen LogP contribution in [0.1, 0.15) is 10.5 Å². The molecule has 0 bridgehead atoms. The van der Waals surface area contributed by atoms with Crippen molar-refractivity contribution < 1.29 is 14.3 Å². The molecule has 86 valence electrons. The molecule has 0 atom stereocenters. The van der Waals surface area contributed by atoms with Crippen molar-refractivity contribution in [3.63, 3.8) is 0 Å². The predicted molar refractivity (Wildman–Crippen MR) is 56.4 cm³/mol. The maximum Gasteiger partial charge on any atom is 0.356 e. The van der Waals surface area contributed by atoms with Gasteiger partial charge in [-0.25, -0.2) is 14.8 Å². The van der Waals surface area contributed by atoms with Crippen LogP contribution >= 0.6 is 0 Å². The Morgan fingerprint density at radius 2 is 2.25 bits per heavy atom. The Balaban J connectivity index is 2.09. The Bertz CT molecular complexity index is 391. The molecule has 1 saturated heterocycles. The van der Waals surface area contributed by atoms with Gasteiger partial charge in [-0.1, -0.05) is 0 Å². The Hall–Kier alpha value is -1.69. The van der Waals surface area contributed by atoms with Crippen molar-refractivity contribution in [1.29, 1.82) is 0 Å². The van der Waals surface area contributed by atoms with Crippen LogP contribution in [0.5, 0.6) is 0 Å². The summed E-state index contributed by atoms with van der Waals surface area (Å²) in [5.41, 5.74) is 0.272. The van der Waals surface area contributed by atoms with Gasteiger partial charge in [0.15, 0.2) is 5.69 Å². The third kappa shape index (κ3) is 1.96. The van der Waals surface area contributed by atoms with Crippen molar-refractivity contribution in [3.05, 3.63) is 18.0 Å². The molecule has 0 aromatic carbocycles. The van der Waals surface area contributed by atoms with Crippen molar-refractivity contribution >= 4 is 11.9 Å². The standard InChI is InChI=1S/C10H13N3O3/c1-15-7-5-13(6-7)10-11-4-3-8(12-10)9(14)16-2/h3-4,7H,5-6H2,1-2H3. The lowest BCUT2D eigenvalue weighted by molar-refractivity contribution is 0.0593. The van der Waals surface area contributed by atoms with E-state index in [2.05, 4.69) is 14.7 Å². The molecule has 1 fully saturated rings. The molecule has 0 saturated carbocycles. The number of carbonyl (C=O) groups excluding carboxylic acids is 1. The van der Waals surface area contributed by atoms with Crippen LogP contribution in [-0.2, 0) is 9.47 Å². The minimum Gasteiger partial charge on any atom is -0.464 e. The van der Waals surface area contributed by atoms with E-state index in [1.54, 1.807) is 13.3 Å². The number of aromatic nitrogens is 2. The number of hydrogen-bond donors (Lipinski definition) is 0. The SMILES string of the molecule is COC(=O)c1ccnc(N2CC(OC)C2)n1. The third-order valence-electron chi connectivity index (χ3n) is 2.50. The zero-order chi connectivity index (χ0) is 11.5. The van der Waals surface area contributed by atoms with E-state index in [1.165, 1.54) is 13.2 Å². The first-order valence-corrected chi connectivity index (χ1v) is 4.93. The van der Waals surface area contributed by atoms with Gasteiger partial charge in [0.2, 0.25) is 5.95 Å². The zero-order valence-electron chi connectivity index (χ0n) is 9.21. The largest absolute Gasteiger partial charge is 0.464 e. The molecule has 0 N–H and O–H groups in total. The number of anilines is 1. The van der Waals surface area contributed by atoms with Crippen LogP contribution in [0.2, 0.25) is 0 Å². The molecule has 6 nitrogen and oxygen atoms in total. The highest BCUT2D eigenvalue weighted by Gasteiger charge is 2.28. The van der Waals surface area contributed by atoms with Crippen LogP contribution < -0.4 is 4.90 Å². The summed E-state index contributed by atoms with van der Waals surface area (Å²) < 4.78 is 9.74. The second-order valence-corrected chi connectivity index (χ2v) is 3.50. The number of hydrogen-bond acceptors (Lipinski definition) is 6. The average Bonchev–Trinajstić information content (AvgIpc) is 2.27. The molecule has 2 rings (SSSR count). The van der Waals surface area contributed by atoms with Crippen molar-refractivity contribution in [2.75, 3.05) is 32.2 Å². The van der Waals surface area contributed by atoms with Crippen molar-refractivity contribution in [2.45, 2.75) is 6.10 Å². The topological polar surface area (TPSA) is 64.5 Å². The van der Waals surface area contributed by atoms with Gasteiger partial charge in [-0.15, -0.1) is 0 Å². The second kappa shape index (κ2) is 4.44. The molecule has 6 heteroatoms. The Kier molecular flexibility index (Phi) is 3.00. The number of nitrogens with zero attached hydrogens (tertiary/aromatic N) is 3. The van der Waals surface area contributed by atoms with Gasteiger partial charge in [0.1, 0.15) is 0 Å². The summed E-state index contributed by atoms with van der Waals surface area (Å²) in [4.78, 5) is 21.4. The number of rotatable bonds is 3.